The zero-order valence-corrected chi connectivity index (χ0v) is 8.16. The maximum absolute atomic E-state index is 12.6. The van der Waals surface area contributed by atoms with Gasteiger partial charge >= 0.3 is 0 Å². The van der Waals surface area contributed by atoms with Crippen LogP contribution in [-0.2, 0) is 0 Å². The van der Waals surface area contributed by atoms with Crippen molar-refractivity contribution in [1.82, 2.24) is 0 Å². The predicted molar refractivity (Wildman–Crippen MR) is 44.2 cm³/mol. The van der Waals surface area contributed by atoms with Crippen LogP contribution >= 0.6 is 31.9 Å². The van der Waals surface area contributed by atoms with Gasteiger partial charge in [0.1, 0.15) is 6.17 Å². The predicted octanol–water partition coefficient (Wildman–Crippen LogP) is 3.04. The van der Waals surface area contributed by atoms with Gasteiger partial charge in [-0.25, -0.2) is 4.39 Å². The van der Waals surface area contributed by atoms with Crippen LogP contribution in [0.2, 0.25) is 0 Å². The lowest BCUT2D eigenvalue weighted by molar-refractivity contribution is 0.264. The van der Waals surface area contributed by atoms with E-state index in [4.69, 9.17) is 0 Å². The molecule has 3 heteroatoms. The Morgan fingerprint density at radius 1 is 1.00 bits per heavy atom. The van der Waals surface area contributed by atoms with Crippen LogP contribution in [0.4, 0.5) is 4.39 Å². The Morgan fingerprint density at radius 2 is 1.44 bits per heavy atom. The van der Waals surface area contributed by atoms with Gasteiger partial charge in [-0.05, 0) is 19.3 Å². The first-order chi connectivity index (χ1) is 4.18. The molecule has 9 heavy (non-hydrogen) atoms. The smallest absolute Gasteiger partial charge is 0.102 e. The maximum atomic E-state index is 12.6. The topological polar surface area (TPSA) is 0 Å². The van der Waals surface area contributed by atoms with Crippen molar-refractivity contribution in [3.63, 3.8) is 0 Å². The molecule has 0 aliphatic heterocycles. The normalized spacial score (nSPS) is 45.0. The molecule has 2 unspecified atom stereocenters. The van der Waals surface area contributed by atoms with Crippen molar-refractivity contribution >= 4 is 31.9 Å². The monoisotopic (exact) mass is 258 g/mol. The van der Waals surface area contributed by atoms with E-state index in [1.54, 1.807) is 0 Å². The van der Waals surface area contributed by atoms with E-state index in [9.17, 15) is 4.39 Å². The summed E-state index contributed by atoms with van der Waals surface area (Å²) in [4.78, 5) is 0.760. The SMILES string of the molecule is FC1CC(Br)CC(Br)C1. The summed E-state index contributed by atoms with van der Waals surface area (Å²) in [6.07, 6.45) is 1.82. The lowest BCUT2D eigenvalue weighted by Crippen LogP contribution is -2.23. The number of hydrogen-bond acceptors (Lipinski definition) is 0. The molecule has 0 nitrogen and oxygen atoms in total. The lowest BCUT2D eigenvalue weighted by atomic mass is 9.99. The van der Waals surface area contributed by atoms with Crippen molar-refractivity contribution in [2.24, 2.45) is 0 Å². The molecule has 1 rings (SSSR count). The summed E-state index contributed by atoms with van der Waals surface area (Å²) in [6, 6.07) is 0. The Labute approximate surface area is 71.5 Å². The van der Waals surface area contributed by atoms with Crippen LogP contribution < -0.4 is 0 Å². The first-order valence-electron chi connectivity index (χ1n) is 3.10. The average Bonchev–Trinajstić information content (AvgIpc) is 1.59. The molecule has 0 saturated heterocycles. The summed E-state index contributed by atoms with van der Waals surface area (Å²) in [5.41, 5.74) is 0. The minimum atomic E-state index is -0.604. The number of hydrogen-bond donors (Lipinski definition) is 0. The van der Waals surface area contributed by atoms with Crippen LogP contribution in [-0.4, -0.2) is 15.8 Å². The van der Waals surface area contributed by atoms with Gasteiger partial charge < -0.3 is 0 Å². The van der Waals surface area contributed by atoms with Gasteiger partial charge in [0.15, 0.2) is 0 Å². The highest BCUT2D eigenvalue weighted by Crippen LogP contribution is 2.30. The maximum Gasteiger partial charge on any atom is 0.102 e. The molecule has 1 saturated carbocycles. The summed E-state index contributed by atoms with van der Waals surface area (Å²) in [7, 11) is 0. The van der Waals surface area contributed by atoms with E-state index in [-0.39, 0.29) is 0 Å². The van der Waals surface area contributed by atoms with Gasteiger partial charge in [-0.2, -0.15) is 0 Å². The van der Waals surface area contributed by atoms with Gasteiger partial charge in [0.25, 0.3) is 0 Å². The molecule has 0 spiro atoms. The van der Waals surface area contributed by atoms with Crippen molar-refractivity contribution < 1.29 is 4.39 Å². The van der Waals surface area contributed by atoms with Gasteiger partial charge in [0, 0.05) is 9.65 Å². The van der Waals surface area contributed by atoms with Gasteiger partial charge in [0.2, 0.25) is 0 Å². The molecule has 2 atom stereocenters. The Bertz CT molecular complexity index is 72.0. The second-order valence-electron chi connectivity index (χ2n) is 2.50. The first-order valence-corrected chi connectivity index (χ1v) is 4.94. The highest BCUT2D eigenvalue weighted by molar-refractivity contribution is 9.10. The minimum Gasteiger partial charge on any atom is -0.247 e. The fourth-order valence-electron chi connectivity index (χ4n) is 1.12. The van der Waals surface area contributed by atoms with E-state index in [2.05, 4.69) is 31.9 Å². The summed E-state index contributed by atoms with van der Waals surface area (Å²) in [5, 5.41) is 0. The van der Waals surface area contributed by atoms with E-state index in [0.717, 1.165) is 6.42 Å². The zero-order valence-electron chi connectivity index (χ0n) is 4.99. The second kappa shape index (κ2) is 3.33. The zero-order chi connectivity index (χ0) is 6.85. The third-order valence-electron chi connectivity index (χ3n) is 1.53. The third kappa shape index (κ3) is 2.54. The van der Waals surface area contributed by atoms with Gasteiger partial charge in [-0.3, -0.25) is 0 Å². The fraction of sp³-hybridized carbons (Fsp3) is 1.00. The molecule has 0 radical (unpaired) electrons. The minimum absolute atomic E-state index is 0.380. The molecule has 1 fully saturated rings. The van der Waals surface area contributed by atoms with Crippen LogP contribution in [0.5, 0.6) is 0 Å². The largest absolute Gasteiger partial charge is 0.247 e. The van der Waals surface area contributed by atoms with Crippen LogP contribution in [0.25, 0.3) is 0 Å². The first kappa shape index (κ1) is 7.99. The van der Waals surface area contributed by atoms with E-state index in [1.165, 1.54) is 0 Å². The van der Waals surface area contributed by atoms with Crippen LogP contribution in [0.15, 0.2) is 0 Å². The molecule has 1 aliphatic rings. The quantitative estimate of drug-likeness (QED) is 0.587. The van der Waals surface area contributed by atoms with Crippen LogP contribution in [0.1, 0.15) is 19.3 Å². The summed E-state index contributed by atoms with van der Waals surface area (Å²) in [6.45, 7) is 0. The molecule has 0 bridgehead atoms. The highest BCUT2D eigenvalue weighted by atomic mass is 79.9. The lowest BCUT2D eigenvalue weighted by Gasteiger charge is -2.23. The fourth-order valence-corrected chi connectivity index (χ4v) is 3.34. The Morgan fingerprint density at radius 3 is 1.78 bits per heavy atom. The molecule has 54 valence electrons. The molecule has 0 aromatic carbocycles. The average molecular weight is 260 g/mol. The third-order valence-corrected chi connectivity index (χ3v) is 3.03. The summed E-state index contributed by atoms with van der Waals surface area (Å²) < 4.78 is 12.6. The van der Waals surface area contributed by atoms with E-state index < -0.39 is 6.17 Å². The van der Waals surface area contributed by atoms with Crippen LogP contribution in [0, 0.1) is 0 Å². The molecular weight excluding hydrogens is 251 g/mol. The number of alkyl halides is 3. The Hall–Kier alpha value is 0.890. The molecule has 0 heterocycles. The van der Waals surface area contributed by atoms with Crippen molar-refractivity contribution in [2.75, 3.05) is 0 Å². The molecule has 1 aliphatic carbocycles. The van der Waals surface area contributed by atoms with E-state index in [0.29, 0.717) is 22.5 Å². The van der Waals surface area contributed by atoms with Crippen LogP contribution in [0.3, 0.4) is 0 Å². The van der Waals surface area contributed by atoms with Crippen molar-refractivity contribution in [2.45, 2.75) is 35.1 Å². The molecule has 0 amide bonds. The van der Waals surface area contributed by atoms with E-state index >= 15 is 0 Å². The summed E-state index contributed by atoms with van der Waals surface area (Å²) >= 11 is 6.80. The van der Waals surface area contributed by atoms with Gasteiger partial charge in [-0.1, -0.05) is 31.9 Å². The standard InChI is InChI=1S/C6H9Br2F/c7-4-1-5(8)3-6(9)2-4/h4-6H,1-3H2. The van der Waals surface area contributed by atoms with Crippen molar-refractivity contribution in [3.05, 3.63) is 0 Å². The Kier molecular flexibility index (Phi) is 2.96. The van der Waals surface area contributed by atoms with Crippen molar-refractivity contribution in [3.8, 4) is 0 Å². The molecule has 0 N–H and O–H groups in total. The summed E-state index contributed by atoms with van der Waals surface area (Å²) in [5.74, 6) is 0. The number of halogens is 3. The molecule has 0 aromatic heterocycles. The van der Waals surface area contributed by atoms with Gasteiger partial charge in [0.05, 0.1) is 0 Å². The Balaban J connectivity index is 2.34. The van der Waals surface area contributed by atoms with Crippen molar-refractivity contribution in [1.29, 1.82) is 0 Å². The van der Waals surface area contributed by atoms with E-state index in [1.807, 2.05) is 0 Å². The highest BCUT2D eigenvalue weighted by Gasteiger charge is 2.25. The molecule has 0 aromatic rings. The number of rotatable bonds is 0. The van der Waals surface area contributed by atoms with Gasteiger partial charge in [-0.15, -0.1) is 0 Å². The molecular formula is C6H9Br2F. The second-order valence-corrected chi connectivity index (χ2v) is 5.09.